The number of hydrogen-bond acceptors (Lipinski definition) is 4. The Bertz CT molecular complexity index is 1300. The molecular weight excluding hydrogens is 410 g/mol. The van der Waals surface area contributed by atoms with Crippen LogP contribution in [0.1, 0.15) is 31.8 Å². The van der Waals surface area contributed by atoms with E-state index in [0.29, 0.717) is 32.7 Å². The molecule has 4 aromatic rings. The lowest BCUT2D eigenvalue weighted by atomic mass is 10.0. The first-order valence-electron chi connectivity index (χ1n) is 9.85. The van der Waals surface area contributed by atoms with Gasteiger partial charge >= 0.3 is 5.97 Å². The molecule has 1 heterocycles. The van der Waals surface area contributed by atoms with Gasteiger partial charge in [-0.25, -0.2) is 9.78 Å². The molecule has 3 aromatic carbocycles. The fraction of sp³-hybridized carbons (Fsp3) is 0.115. The van der Waals surface area contributed by atoms with Gasteiger partial charge in [0.05, 0.1) is 16.8 Å². The number of para-hydroxylation sites is 1. The highest BCUT2D eigenvalue weighted by molar-refractivity contribution is 6.30. The Hall–Kier alpha value is -3.50. The van der Waals surface area contributed by atoms with Gasteiger partial charge < -0.3 is 4.74 Å². The molecule has 0 saturated carbocycles. The van der Waals surface area contributed by atoms with E-state index in [1.54, 1.807) is 18.2 Å². The number of nitrogens with zero attached hydrogens (tertiary/aromatic N) is 1. The number of pyridine rings is 1. The molecule has 0 saturated heterocycles. The monoisotopic (exact) mass is 429 g/mol. The molecule has 1 aromatic heterocycles. The predicted molar refractivity (Wildman–Crippen MR) is 123 cm³/mol. The van der Waals surface area contributed by atoms with Gasteiger partial charge in [-0.05, 0) is 49.7 Å². The highest BCUT2D eigenvalue weighted by Crippen LogP contribution is 2.26. The number of ether oxygens (including phenoxy) is 1. The summed E-state index contributed by atoms with van der Waals surface area (Å²) in [5.41, 5.74) is 4.89. The molecule has 0 aliphatic carbocycles. The van der Waals surface area contributed by atoms with Gasteiger partial charge in [0, 0.05) is 21.5 Å². The Labute approximate surface area is 185 Å². The second-order valence-electron chi connectivity index (χ2n) is 7.40. The van der Waals surface area contributed by atoms with Crippen LogP contribution in [0.5, 0.6) is 0 Å². The van der Waals surface area contributed by atoms with Crippen LogP contribution in [-0.4, -0.2) is 23.3 Å². The molecule has 5 heteroatoms. The van der Waals surface area contributed by atoms with Crippen LogP contribution in [0.3, 0.4) is 0 Å². The van der Waals surface area contributed by atoms with Gasteiger partial charge in [0.15, 0.2) is 6.61 Å². The summed E-state index contributed by atoms with van der Waals surface area (Å²) in [5.74, 6) is -0.793. The smallest absolute Gasteiger partial charge is 0.339 e. The van der Waals surface area contributed by atoms with Crippen molar-refractivity contribution in [1.29, 1.82) is 0 Å². The van der Waals surface area contributed by atoms with E-state index < -0.39 is 5.97 Å². The van der Waals surface area contributed by atoms with E-state index in [1.165, 1.54) is 0 Å². The molecule has 0 aliphatic heterocycles. The Morgan fingerprint density at radius 3 is 2.42 bits per heavy atom. The highest BCUT2D eigenvalue weighted by Gasteiger charge is 2.18. The lowest BCUT2D eigenvalue weighted by molar-refractivity contribution is 0.0476. The van der Waals surface area contributed by atoms with Gasteiger partial charge in [0.1, 0.15) is 0 Å². The van der Waals surface area contributed by atoms with Gasteiger partial charge in [-0.1, -0.05) is 59.6 Å². The number of benzene rings is 3. The molecule has 0 spiro atoms. The molecule has 0 radical (unpaired) electrons. The number of esters is 1. The number of fused-ring (bicyclic) bond motifs is 1. The van der Waals surface area contributed by atoms with Crippen molar-refractivity contribution < 1.29 is 14.3 Å². The standard InChI is InChI=1S/C26H20ClNO3/c1-16-7-8-17(2)21(13-16)25(29)15-31-26(30)22-14-24(18-9-11-19(27)12-10-18)28-23-6-4-3-5-20(22)23/h3-14H,15H2,1-2H3. The van der Waals surface area contributed by atoms with Gasteiger partial charge in [-0.2, -0.15) is 0 Å². The first-order chi connectivity index (χ1) is 14.9. The molecule has 0 N–H and O–H groups in total. The number of rotatable bonds is 5. The van der Waals surface area contributed by atoms with Crippen LogP contribution in [0, 0.1) is 13.8 Å². The average molecular weight is 430 g/mol. The van der Waals surface area contributed by atoms with E-state index in [4.69, 9.17) is 16.3 Å². The summed E-state index contributed by atoms with van der Waals surface area (Å²) in [6, 6.07) is 21.9. The molecule has 0 unspecified atom stereocenters. The third-order valence-corrected chi connectivity index (χ3v) is 5.36. The summed E-state index contributed by atoms with van der Waals surface area (Å²) in [6.45, 7) is 3.46. The largest absolute Gasteiger partial charge is 0.454 e. The van der Waals surface area contributed by atoms with Crippen LogP contribution >= 0.6 is 11.6 Å². The number of halogens is 1. The van der Waals surface area contributed by atoms with Crippen molar-refractivity contribution in [3.05, 3.63) is 100 Å². The van der Waals surface area contributed by atoms with Crippen molar-refractivity contribution in [3.8, 4) is 11.3 Å². The minimum atomic E-state index is -0.563. The molecule has 0 bridgehead atoms. The SMILES string of the molecule is Cc1ccc(C)c(C(=O)COC(=O)c2cc(-c3ccc(Cl)cc3)nc3ccccc23)c1. The van der Waals surface area contributed by atoms with Crippen LogP contribution in [-0.2, 0) is 4.74 Å². The minimum absolute atomic E-state index is 0.231. The average Bonchev–Trinajstić information content (AvgIpc) is 2.78. The Morgan fingerprint density at radius 1 is 0.903 bits per heavy atom. The lowest BCUT2D eigenvalue weighted by Gasteiger charge is -2.11. The van der Waals surface area contributed by atoms with Gasteiger partial charge in [0.25, 0.3) is 0 Å². The van der Waals surface area contributed by atoms with Crippen LogP contribution in [0.15, 0.2) is 72.8 Å². The van der Waals surface area contributed by atoms with Crippen molar-refractivity contribution in [1.82, 2.24) is 4.98 Å². The van der Waals surface area contributed by atoms with E-state index >= 15 is 0 Å². The summed E-state index contributed by atoms with van der Waals surface area (Å²) in [7, 11) is 0. The topological polar surface area (TPSA) is 56.3 Å². The Morgan fingerprint density at radius 2 is 1.65 bits per heavy atom. The molecule has 0 fully saturated rings. The number of Topliss-reactive ketones (excluding diaryl/α,β-unsaturated/α-hetero) is 1. The molecule has 0 atom stereocenters. The normalized spacial score (nSPS) is 10.8. The van der Waals surface area contributed by atoms with E-state index in [-0.39, 0.29) is 12.4 Å². The van der Waals surface area contributed by atoms with Crippen molar-refractivity contribution in [2.24, 2.45) is 0 Å². The quantitative estimate of drug-likeness (QED) is 0.279. The number of carbonyl (C=O) groups excluding carboxylic acids is 2. The van der Waals surface area contributed by atoms with Gasteiger partial charge in [0.2, 0.25) is 5.78 Å². The number of aromatic nitrogens is 1. The zero-order chi connectivity index (χ0) is 22.0. The van der Waals surface area contributed by atoms with Crippen LogP contribution in [0.4, 0.5) is 0 Å². The highest BCUT2D eigenvalue weighted by atomic mass is 35.5. The zero-order valence-electron chi connectivity index (χ0n) is 17.2. The number of ketones is 1. The molecular formula is C26H20ClNO3. The third-order valence-electron chi connectivity index (χ3n) is 5.10. The maximum absolute atomic E-state index is 13.0. The molecule has 4 nitrogen and oxygen atoms in total. The lowest BCUT2D eigenvalue weighted by Crippen LogP contribution is -2.16. The summed E-state index contributed by atoms with van der Waals surface area (Å²) < 4.78 is 5.42. The molecule has 154 valence electrons. The second-order valence-corrected chi connectivity index (χ2v) is 7.83. The number of carbonyl (C=O) groups is 2. The van der Waals surface area contributed by atoms with Crippen molar-refractivity contribution in [2.45, 2.75) is 13.8 Å². The first-order valence-corrected chi connectivity index (χ1v) is 10.2. The van der Waals surface area contributed by atoms with Crippen LogP contribution in [0.2, 0.25) is 5.02 Å². The Balaban J connectivity index is 1.64. The molecule has 31 heavy (non-hydrogen) atoms. The summed E-state index contributed by atoms with van der Waals surface area (Å²) >= 11 is 5.99. The maximum atomic E-state index is 13.0. The molecule has 0 aliphatic rings. The predicted octanol–water partition coefficient (Wildman–Crippen LogP) is 6.21. The fourth-order valence-corrected chi connectivity index (χ4v) is 3.56. The van der Waals surface area contributed by atoms with Gasteiger partial charge in [-0.3, -0.25) is 4.79 Å². The summed E-state index contributed by atoms with van der Waals surface area (Å²) in [4.78, 5) is 30.3. The third kappa shape index (κ3) is 4.49. The fourth-order valence-electron chi connectivity index (χ4n) is 3.44. The summed E-state index contributed by atoms with van der Waals surface area (Å²) in [5, 5.41) is 1.29. The van der Waals surface area contributed by atoms with Gasteiger partial charge in [-0.15, -0.1) is 0 Å². The maximum Gasteiger partial charge on any atom is 0.339 e. The van der Waals surface area contributed by atoms with E-state index in [1.807, 2.05) is 68.4 Å². The minimum Gasteiger partial charge on any atom is -0.454 e. The molecule has 0 amide bonds. The van der Waals surface area contributed by atoms with Crippen LogP contribution in [0.25, 0.3) is 22.2 Å². The van der Waals surface area contributed by atoms with Crippen molar-refractivity contribution in [3.63, 3.8) is 0 Å². The number of aryl methyl sites for hydroxylation is 2. The van der Waals surface area contributed by atoms with Crippen LogP contribution < -0.4 is 0 Å². The van der Waals surface area contributed by atoms with E-state index in [9.17, 15) is 9.59 Å². The Kier molecular flexibility index (Phi) is 5.83. The number of hydrogen-bond donors (Lipinski definition) is 0. The van der Waals surface area contributed by atoms with E-state index in [0.717, 1.165) is 16.7 Å². The summed E-state index contributed by atoms with van der Waals surface area (Å²) in [6.07, 6.45) is 0. The first kappa shape index (κ1) is 20.8. The second kappa shape index (κ2) is 8.70. The van der Waals surface area contributed by atoms with E-state index in [2.05, 4.69) is 4.98 Å². The zero-order valence-corrected chi connectivity index (χ0v) is 17.9. The van der Waals surface area contributed by atoms with Crippen molar-refractivity contribution in [2.75, 3.05) is 6.61 Å². The molecule has 4 rings (SSSR count). The van der Waals surface area contributed by atoms with Crippen molar-refractivity contribution >= 4 is 34.3 Å².